The molecule has 0 saturated heterocycles. The third-order valence-electron chi connectivity index (χ3n) is 7.59. The fourth-order valence-electron chi connectivity index (χ4n) is 4.85. The van der Waals surface area contributed by atoms with Crippen LogP contribution in [0.15, 0.2) is 109 Å². The van der Waals surface area contributed by atoms with Gasteiger partial charge in [-0.15, -0.1) is 0 Å². The highest BCUT2D eigenvalue weighted by Crippen LogP contribution is 2.51. The summed E-state index contributed by atoms with van der Waals surface area (Å²) in [5.41, 5.74) is 6.72. The summed E-state index contributed by atoms with van der Waals surface area (Å²) >= 11 is 0. The van der Waals surface area contributed by atoms with E-state index < -0.39 is 7.82 Å². The molecule has 0 amide bonds. The predicted molar refractivity (Wildman–Crippen MR) is 175 cm³/mol. The van der Waals surface area contributed by atoms with Gasteiger partial charge in [0, 0.05) is 12.5 Å². The molecule has 0 aliphatic rings. The summed E-state index contributed by atoms with van der Waals surface area (Å²) in [5.74, 6) is -0.210. The van der Waals surface area contributed by atoms with Crippen LogP contribution in [0.2, 0.25) is 0 Å². The lowest BCUT2D eigenvalue weighted by atomic mass is 9.97. The first-order chi connectivity index (χ1) is 21.1. The third kappa shape index (κ3) is 11.5. The second kappa shape index (κ2) is 17.9. The van der Waals surface area contributed by atoms with Gasteiger partial charge < -0.3 is 5.11 Å². The Morgan fingerprint density at radius 3 is 1.60 bits per heavy atom. The molecule has 0 aliphatic heterocycles. The highest BCUT2D eigenvalue weighted by molar-refractivity contribution is 7.48. The molecule has 0 bridgehead atoms. The van der Waals surface area contributed by atoms with Gasteiger partial charge in [0.2, 0.25) is 0 Å². The van der Waals surface area contributed by atoms with E-state index in [1.165, 1.54) is 47.9 Å². The normalized spacial score (nSPS) is 12.3. The molecule has 43 heavy (non-hydrogen) atoms. The first kappa shape index (κ1) is 32.9. The molecule has 228 valence electrons. The number of aliphatic hydroxyl groups is 1. The third-order valence-corrected chi connectivity index (χ3v) is 8.95. The number of rotatable bonds is 19. The SMILES string of the molecule is CCCCCCc1ccc(-c2ccc(CCC(CO)COP(=O)(OCc3ccccc3)OCc3ccccc3)cc2)cc1. The lowest BCUT2D eigenvalue weighted by molar-refractivity contribution is 0.0765. The minimum atomic E-state index is -3.88. The van der Waals surface area contributed by atoms with Crippen LogP contribution >= 0.6 is 7.82 Å². The standard InChI is InChI=1S/C37H45O5P/c1-2-3-4-7-12-31-19-23-36(24-20-31)37-25-21-32(22-26-37)17-18-35(27-38)30-42-43(39,40-28-33-13-8-5-9-14-33)41-29-34-15-10-6-11-16-34/h5-6,8-11,13-16,19-26,35,38H,2-4,7,12,17-18,27-30H2,1H3. The number of aliphatic hydroxyl groups excluding tert-OH is 1. The fraction of sp³-hybridized carbons (Fsp3) is 0.351. The zero-order chi connectivity index (χ0) is 30.2. The van der Waals surface area contributed by atoms with E-state index in [0.29, 0.717) is 6.42 Å². The molecule has 1 unspecified atom stereocenters. The summed E-state index contributed by atoms with van der Waals surface area (Å²) in [7, 11) is -3.88. The number of phosphoric ester groups is 1. The average molecular weight is 601 g/mol. The largest absolute Gasteiger partial charge is 0.475 e. The van der Waals surface area contributed by atoms with Crippen molar-refractivity contribution in [1.29, 1.82) is 0 Å². The van der Waals surface area contributed by atoms with Gasteiger partial charge in [-0.1, -0.05) is 135 Å². The van der Waals surface area contributed by atoms with E-state index in [1.807, 2.05) is 60.7 Å². The molecule has 0 fully saturated rings. The molecule has 0 heterocycles. The number of unbranched alkanes of at least 4 members (excludes halogenated alkanes) is 3. The Hall–Kier alpha value is -3.05. The van der Waals surface area contributed by atoms with E-state index in [1.54, 1.807) is 0 Å². The zero-order valence-electron chi connectivity index (χ0n) is 25.3. The predicted octanol–water partition coefficient (Wildman–Crippen LogP) is 9.58. The van der Waals surface area contributed by atoms with Crippen LogP contribution in [0.25, 0.3) is 11.1 Å². The zero-order valence-corrected chi connectivity index (χ0v) is 26.2. The van der Waals surface area contributed by atoms with Crippen LogP contribution in [-0.2, 0) is 44.2 Å². The van der Waals surface area contributed by atoms with E-state index in [4.69, 9.17) is 13.6 Å². The van der Waals surface area contributed by atoms with Gasteiger partial charge in [0.05, 0.1) is 19.8 Å². The van der Waals surface area contributed by atoms with Crippen LogP contribution in [0.4, 0.5) is 0 Å². The van der Waals surface area contributed by atoms with Crippen molar-refractivity contribution < 1.29 is 23.2 Å². The molecule has 1 N–H and O–H groups in total. The van der Waals surface area contributed by atoms with E-state index in [0.717, 1.165) is 24.0 Å². The number of phosphoric acid groups is 1. The topological polar surface area (TPSA) is 65.0 Å². The molecule has 0 saturated carbocycles. The van der Waals surface area contributed by atoms with Gasteiger partial charge in [0.15, 0.2) is 0 Å². The van der Waals surface area contributed by atoms with Crippen LogP contribution in [0, 0.1) is 5.92 Å². The monoisotopic (exact) mass is 600 g/mol. The molecule has 0 spiro atoms. The van der Waals surface area contributed by atoms with Gasteiger partial charge in [-0.25, -0.2) is 4.57 Å². The van der Waals surface area contributed by atoms with Crippen molar-refractivity contribution in [1.82, 2.24) is 0 Å². The quantitative estimate of drug-likeness (QED) is 0.0858. The number of benzene rings is 4. The van der Waals surface area contributed by atoms with Gasteiger partial charge in [-0.2, -0.15) is 0 Å². The first-order valence-corrected chi connectivity index (χ1v) is 16.9. The van der Waals surface area contributed by atoms with Gasteiger partial charge in [0.1, 0.15) is 0 Å². The minimum absolute atomic E-state index is 0.0697. The Morgan fingerprint density at radius 2 is 1.12 bits per heavy atom. The second-order valence-corrected chi connectivity index (χ2v) is 12.7. The average Bonchev–Trinajstić information content (AvgIpc) is 3.07. The second-order valence-electron chi connectivity index (χ2n) is 11.1. The van der Waals surface area contributed by atoms with Gasteiger partial charge >= 0.3 is 7.82 Å². The minimum Gasteiger partial charge on any atom is -0.396 e. The van der Waals surface area contributed by atoms with Gasteiger partial charge in [-0.05, 0) is 59.1 Å². The molecule has 4 aromatic rings. The molecule has 0 aromatic heterocycles. The van der Waals surface area contributed by atoms with E-state index >= 15 is 0 Å². The van der Waals surface area contributed by atoms with Gasteiger partial charge in [0.25, 0.3) is 0 Å². The van der Waals surface area contributed by atoms with Crippen LogP contribution in [-0.4, -0.2) is 18.3 Å². The summed E-state index contributed by atoms with van der Waals surface area (Å²) in [4.78, 5) is 0. The number of hydrogen-bond donors (Lipinski definition) is 1. The highest BCUT2D eigenvalue weighted by Gasteiger charge is 2.28. The highest BCUT2D eigenvalue weighted by atomic mass is 31.2. The molecular weight excluding hydrogens is 555 g/mol. The lowest BCUT2D eigenvalue weighted by Gasteiger charge is -2.21. The Balaban J connectivity index is 1.28. The van der Waals surface area contributed by atoms with Crippen molar-refractivity contribution in [3.8, 4) is 11.1 Å². The first-order valence-electron chi connectivity index (χ1n) is 15.5. The maximum absolute atomic E-state index is 13.6. The van der Waals surface area contributed by atoms with Crippen molar-refractivity contribution in [2.45, 2.75) is 65.1 Å². The van der Waals surface area contributed by atoms with Crippen molar-refractivity contribution in [2.75, 3.05) is 13.2 Å². The van der Waals surface area contributed by atoms with E-state index in [-0.39, 0.29) is 32.3 Å². The van der Waals surface area contributed by atoms with Crippen molar-refractivity contribution in [3.63, 3.8) is 0 Å². The summed E-state index contributed by atoms with van der Waals surface area (Å²) in [5, 5.41) is 10.1. The molecule has 5 nitrogen and oxygen atoms in total. The van der Waals surface area contributed by atoms with E-state index in [9.17, 15) is 9.67 Å². The van der Waals surface area contributed by atoms with Crippen LogP contribution in [0.5, 0.6) is 0 Å². The molecule has 1 atom stereocenters. The molecule has 0 aliphatic carbocycles. The molecule has 4 aromatic carbocycles. The maximum Gasteiger partial charge on any atom is 0.475 e. The van der Waals surface area contributed by atoms with E-state index in [2.05, 4.69) is 55.5 Å². The van der Waals surface area contributed by atoms with Crippen LogP contribution in [0.3, 0.4) is 0 Å². The van der Waals surface area contributed by atoms with Crippen molar-refractivity contribution in [3.05, 3.63) is 131 Å². The van der Waals surface area contributed by atoms with Gasteiger partial charge in [-0.3, -0.25) is 13.6 Å². The Morgan fingerprint density at radius 1 is 0.605 bits per heavy atom. The number of aryl methyl sites for hydroxylation is 2. The molecule has 6 heteroatoms. The van der Waals surface area contributed by atoms with Crippen molar-refractivity contribution in [2.24, 2.45) is 5.92 Å². The van der Waals surface area contributed by atoms with Crippen LogP contribution < -0.4 is 0 Å². The molecule has 0 radical (unpaired) electrons. The number of hydrogen-bond acceptors (Lipinski definition) is 5. The smallest absolute Gasteiger partial charge is 0.396 e. The molecule has 4 rings (SSSR count). The fourth-order valence-corrected chi connectivity index (χ4v) is 6.08. The van der Waals surface area contributed by atoms with Crippen molar-refractivity contribution >= 4 is 7.82 Å². The lowest BCUT2D eigenvalue weighted by Crippen LogP contribution is -2.15. The van der Waals surface area contributed by atoms with Crippen LogP contribution in [0.1, 0.15) is 61.3 Å². The molecular formula is C37H45O5P. The maximum atomic E-state index is 13.6. The Bertz CT molecular complexity index is 1310. The summed E-state index contributed by atoms with van der Waals surface area (Å²) in [6.45, 7) is 2.43. The Labute approximate surface area is 257 Å². The Kier molecular flexibility index (Phi) is 13.7. The summed E-state index contributed by atoms with van der Waals surface area (Å²) in [6, 6.07) is 36.5. The summed E-state index contributed by atoms with van der Waals surface area (Å²) in [6.07, 6.45) is 7.71. The summed E-state index contributed by atoms with van der Waals surface area (Å²) < 4.78 is 30.8.